The molecule has 5 N–H and O–H groups in total. The van der Waals surface area contributed by atoms with Crippen LogP contribution >= 0.6 is 51.5 Å². The van der Waals surface area contributed by atoms with E-state index in [1.54, 1.807) is 0 Å². The van der Waals surface area contributed by atoms with Crippen molar-refractivity contribution in [2.24, 2.45) is 0 Å². The van der Waals surface area contributed by atoms with Gasteiger partial charge >= 0.3 is 0 Å². The zero-order valence-corrected chi connectivity index (χ0v) is 18.5. The van der Waals surface area contributed by atoms with E-state index in [0.29, 0.717) is 0 Å². The second-order valence-corrected chi connectivity index (χ2v) is 6.67. The number of pyridine rings is 1. The van der Waals surface area contributed by atoms with Crippen LogP contribution in [0.25, 0.3) is 11.0 Å². The Kier molecular flexibility index (Phi) is 6.69. The van der Waals surface area contributed by atoms with Crippen molar-refractivity contribution >= 4 is 79.8 Å². The number of anilines is 2. The van der Waals surface area contributed by atoms with Crippen LogP contribution in [0.1, 0.15) is 23.2 Å². The fraction of sp³-hybridized carbons (Fsp3) is 0.188. The molecule has 3 aromatic rings. The standard InChI is InChI=1S/C16H16BrClN6O.HI/c1-2-24-12-5-8(17)3-4-11(12)22-13(24)7-21-16(25)14-9(19)6-10(20)15(18)23-14;/h3-6H,2,7,19-20H2,1H3,(H,21,25);1H. The van der Waals surface area contributed by atoms with Gasteiger partial charge in [0.15, 0.2) is 10.8 Å². The maximum absolute atomic E-state index is 12.4. The van der Waals surface area contributed by atoms with E-state index in [9.17, 15) is 4.79 Å². The van der Waals surface area contributed by atoms with Crippen LogP contribution in [0.3, 0.4) is 0 Å². The molecule has 0 saturated heterocycles. The van der Waals surface area contributed by atoms with Crippen LogP contribution in [0, 0.1) is 0 Å². The average molecular weight is 552 g/mol. The Morgan fingerprint density at radius 3 is 2.69 bits per heavy atom. The van der Waals surface area contributed by atoms with Crippen LogP contribution < -0.4 is 16.8 Å². The molecule has 0 aliphatic rings. The molecule has 26 heavy (non-hydrogen) atoms. The smallest absolute Gasteiger partial charge is 0.272 e. The van der Waals surface area contributed by atoms with Crippen molar-refractivity contribution in [1.29, 1.82) is 0 Å². The highest BCUT2D eigenvalue weighted by atomic mass is 127. The minimum absolute atomic E-state index is 0. The molecule has 2 heterocycles. The summed E-state index contributed by atoms with van der Waals surface area (Å²) in [5.41, 5.74) is 13.7. The average Bonchev–Trinajstić information content (AvgIpc) is 2.92. The van der Waals surface area contributed by atoms with Crippen molar-refractivity contribution < 1.29 is 4.79 Å². The number of amides is 1. The molecule has 3 rings (SSSR count). The van der Waals surface area contributed by atoms with Gasteiger partial charge in [-0.3, -0.25) is 4.79 Å². The summed E-state index contributed by atoms with van der Waals surface area (Å²) in [6.45, 7) is 2.99. The van der Waals surface area contributed by atoms with E-state index < -0.39 is 5.91 Å². The number of nitrogens with two attached hydrogens (primary N) is 2. The van der Waals surface area contributed by atoms with E-state index >= 15 is 0 Å². The van der Waals surface area contributed by atoms with E-state index in [-0.39, 0.29) is 52.7 Å². The number of imidazole rings is 1. The van der Waals surface area contributed by atoms with Gasteiger partial charge in [0.25, 0.3) is 5.91 Å². The second kappa shape index (κ2) is 8.40. The molecule has 0 fully saturated rings. The number of hydrogen-bond donors (Lipinski definition) is 3. The van der Waals surface area contributed by atoms with Crippen molar-refractivity contribution in [2.45, 2.75) is 20.0 Å². The molecule has 2 aromatic heterocycles. The van der Waals surface area contributed by atoms with Crippen LogP contribution in [0.5, 0.6) is 0 Å². The fourth-order valence-corrected chi connectivity index (χ4v) is 3.07. The Hall–Kier alpha value is -1.59. The molecule has 0 radical (unpaired) electrons. The summed E-state index contributed by atoms with van der Waals surface area (Å²) in [5, 5.41) is 2.82. The Morgan fingerprint density at radius 2 is 2.00 bits per heavy atom. The number of nitrogens with one attached hydrogen (secondary N) is 1. The van der Waals surface area contributed by atoms with Gasteiger partial charge in [0, 0.05) is 11.0 Å². The Labute approximate surface area is 180 Å². The third kappa shape index (κ3) is 4.04. The lowest BCUT2D eigenvalue weighted by Crippen LogP contribution is -2.26. The molecule has 1 amide bonds. The first-order chi connectivity index (χ1) is 11.9. The number of nitrogens with zero attached hydrogens (tertiary/aromatic N) is 3. The van der Waals surface area contributed by atoms with Gasteiger partial charge in [-0.15, -0.1) is 24.0 Å². The van der Waals surface area contributed by atoms with E-state index in [0.717, 1.165) is 27.9 Å². The lowest BCUT2D eigenvalue weighted by molar-refractivity contribution is 0.0945. The third-order valence-electron chi connectivity index (χ3n) is 3.76. The fourth-order valence-electron chi connectivity index (χ4n) is 2.58. The van der Waals surface area contributed by atoms with Crippen LogP contribution in [0.4, 0.5) is 11.4 Å². The highest BCUT2D eigenvalue weighted by Crippen LogP contribution is 2.23. The first kappa shape index (κ1) is 20.7. The number of carbonyl (C=O) groups excluding carboxylic acids is 1. The number of benzene rings is 1. The predicted octanol–water partition coefficient (Wildman–Crippen LogP) is 3.58. The van der Waals surface area contributed by atoms with Gasteiger partial charge < -0.3 is 21.4 Å². The quantitative estimate of drug-likeness (QED) is 0.339. The first-order valence-corrected chi connectivity index (χ1v) is 8.72. The lowest BCUT2D eigenvalue weighted by Gasteiger charge is -2.09. The topological polar surface area (TPSA) is 112 Å². The number of halogens is 3. The highest BCUT2D eigenvalue weighted by Gasteiger charge is 2.16. The largest absolute Gasteiger partial charge is 0.397 e. The first-order valence-electron chi connectivity index (χ1n) is 7.55. The maximum Gasteiger partial charge on any atom is 0.272 e. The van der Waals surface area contributed by atoms with Crippen molar-refractivity contribution in [3.63, 3.8) is 0 Å². The molecule has 0 unspecified atom stereocenters. The van der Waals surface area contributed by atoms with E-state index in [2.05, 4.69) is 31.2 Å². The Bertz CT molecular complexity index is 977. The number of rotatable bonds is 4. The maximum atomic E-state index is 12.4. The van der Waals surface area contributed by atoms with Gasteiger partial charge in [0.1, 0.15) is 5.82 Å². The van der Waals surface area contributed by atoms with Crippen LogP contribution in [0.2, 0.25) is 5.15 Å². The molecule has 7 nitrogen and oxygen atoms in total. The van der Waals surface area contributed by atoms with Crippen molar-refractivity contribution in [3.05, 3.63) is 45.4 Å². The zero-order valence-electron chi connectivity index (χ0n) is 13.8. The summed E-state index contributed by atoms with van der Waals surface area (Å²) in [6.07, 6.45) is 0. The summed E-state index contributed by atoms with van der Waals surface area (Å²) in [4.78, 5) is 20.9. The molecule has 138 valence electrons. The molecule has 0 saturated carbocycles. The Morgan fingerprint density at radius 1 is 1.27 bits per heavy atom. The summed E-state index contributed by atoms with van der Waals surface area (Å²) in [6, 6.07) is 7.27. The SMILES string of the molecule is CCn1c(CNC(=O)c2nc(Cl)c(N)cc2N)nc2ccc(Br)cc21.I. The van der Waals surface area contributed by atoms with Gasteiger partial charge in [-0.2, -0.15) is 0 Å². The Balaban J connectivity index is 0.00000243. The van der Waals surface area contributed by atoms with Gasteiger partial charge in [-0.25, -0.2) is 9.97 Å². The number of carbonyl (C=O) groups is 1. The molecule has 10 heteroatoms. The summed E-state index contributed by atoms with van der Waals surface area (Å²) in [7, 11) is 0. The monoisotopic (exact) mass is 550 g/mol. The van der Waals surface area contributed by atoms with E-state index in [1.807, 2.05) is 29.7 Å². The molecule has 0 atom stereocenters. The minimum atomic E-state index is -0.435. The van der Waals surface area contributed by atoms with E-state index in [4.69, 9.17) is 23.1 Å². The molecule has 1 aromatic carbocycles. The zero-order chi connectivity index (χ0) is 18.1. The number of aromatic nitrogens is 3. The summed E-state index contributed by atoms with van der Waals surface area (Å²) >= 11 is 9.33. The number of fused-ring (bicyclic) bond motifs is 1. The summed E-state index contributed by atoms with van der Waals surface area (Å²) in [5.74, 6) is 0.305. The summed E-state index contributed by atoms with van der Waals surface area (Å²) < 4.78 is 3.01. The third-order valence-corrected chi connectivity index (χ3v) is 4.56. The van der Waals surface area contributed by atoms with E-state index in [1.165, 1.54) is 6.07 Å². The van der Waals surface area contributed by atoms with Crippen molar-refractivity contribution in [2.75, 3.05) is 11.5 Å². The molecular weight excluding hydrogens is 534 g/mol. The molecule has 0 spiro atoms. The molecule has 0 bridgehead atoms. The van der Waals surface area contributed by atoms with Gasteiger partial charge in [-0.1, -0.05) is 27.5 Å². The normalized spacial score (nSPS) is 10.6. The molecule has 0 aliphatic heterocycles. The predicted molar refractivity (Wildman–Crippen MR) is 118 cm³/mol. The van der Waals surface area contributed by atoms with Crippen molar-refractivity contribution in [1.82, 2.24) is 19.9 Å². The van der Waals surface area contributed by atoms with Gasteiger partial charge in [0.2, 0.25) is 0 Å². The second-order valence-electron chi connectivity index (χ2n) is 5.39. The van der Waals surface area contributed by atoms with Gasteiger partial charge in [-0.05, 0) is 31.2 Å². The van der Waals surface area contributed by atoms with Crippen molar-refractivity contribution in [3.8, 4) is 0 Å². The van der Waals surface area contributed by atoms with Crippen LogP contribution in [0.15, 0.2) is 28.7 Å². The number of aryl methyl sites for hydroxylation is 1. The lowest BCUT2D eigenvalue weighted by atomic mass is 10.2. The molecular formula is C16H17BrClIN6O. The molecule has 0 aliphatic carbocycles. The van der Waals surface area contributed by atoms with Gasteiger partial charge in [0.05, 0.1) is 29.0 Å². The number of hydrogen-bond acceptors (Lipinski definition) is 5. The van der Waals surface area contributed by atoms with Crippen LogP contribution in [-0.4, -0.2) is 20.4 Å². The highest BCUT2D eigenvalue weighted by molar-refractivity contribution is 14.0. The minimum Gasteiger partial charge on any atom is -0.397 e. The van der Waals surface area contributed by atoms with Crippen LogP contribution in [-0.2, 0) is 13.1 Å². The number of nitrogen functional groups attached to an aromatic ring is 2.